The van der Waals surface area contributed by atoms with Crippen LogP contribution < -0.4 is 11.1 Å². The minimum Gasteiger partial charge on any atom is -0.508 e. The molecule has 0 bridgehead atoms. The second-order valence-electron chi connectivity index (χ2n) is 5.51. The van der Waals surface area contributed by atoms with Gasteiger partial charge in [0.1, 0.15) is 11.8 Å². The Hall–Kier alpha value is -2.08. The maximum absolute atomic E-state index is 11.9. The number of hydrogen-bond donors (Lipinski definition) is 4. The third-order valence-electron chi connectivity index (χ3n) is 3.05. The summed E-state index contributed by atoms with van der Waals surface area (Å²) in [5.41, 5.74) is 6.45. The van der Waals surface area contributed by atoms with E-state index in [2.05, 4.69) is 5.32 Å². The summed E-state index contributed by atoms with van der Waals surface area (Å²) in [7, 11) is 0. The number of carbonyl (C=O) groups excluding carboxylic acids is 1. The normalized spacial score (nSPS) is 13.7. The van der Waals surface area contributed by atoms with E-state index in [4.69, 9.17) is 5.73 Å². The van der Waals surface area contributed by atoms with Crippen molar-refractivity contribution in [2.24, 2.45) is 11.7 Å². The molecule has 0 aliphatic carbocycles. The van der Waals surface area contributed by atoms with Crippen LogP contribution in [0.5, 0.6) is 5.75 Å². The van der Waals surface area contributed by atoms with Gasteiger partial charge in [-0.2, -0.15) is 0 Å². The first-order valence-electron chi connectivity index (χ1n) is 6.86. The van der Waals surface area contributed by atoms with Crippen molar-refractivity contribution in [2.75, 3.05) is 0 Å². The molecule has 0 heterocycles. The molecule has 0 saturated carbocycles. The number of phenols is 1. The predicted octanol–water partition coefficient (Wildman–Crippen LogP) is 0.877. The van der Waals surface area contributed by atoms with Crippen LogP contribution in [0.1, 0.15) is 25.8 Å². The average molecular weight is 294 g/mol. The molecule has 0 aliphatic rings. The molecule has 1 rings (SSSR count). The van der Waals surface area contributed by atoms with Gasteiger partial charge in [-0.25, -0.2) is 4.79 Å². The van der Waals surface area contributed by atoms with Crippen molar-refractivity contribution in [1.82, 2.24) is 5.32 Å². The zero-order chi connectivity index (χ0) is 16.0. The predicted molar refractivity (Wildman–Crippen MR) is 78.8 cm³/mol. The lowest BCUT2D eigenvalue weighted by Gasteiger charge is -2.19. The maximum Gasteiger partial charge on any atom is 0.326 e. The van der Waals surface area contributed by atoms with Crippen LogP contribution in [0.2, 0.25) is 0 Å². The summed E-state index contributed by atoms with van der Waals surface area (Å²) in [5, 5.41) is 20.9. The molecule has 1 unspecified atom stereocenters. The molecule has 0 aliphatic heterocycles. The molecule has 0 saturated heterocycles. The minimum absolute atomic E-state index is 0.105. The summed E-state index contributed by atoms with van der Waals surface area (Å²) in [6, 6.07) is 4.42. The first kappa shape index (κ1) is 17.0. The zero-order valence-electron chi connectivity index (χ0n) is 12.2. The highest BCUT2D eigenvalue weighted by atomic mass is 16.4. The molecular weight excluding hydrogens is 272 g/mol. The molecule has 116 valence electrons. The molecule has 1 aromatic rings. The second kappa shape index (κ2) is 7.64. The van der Waals surface area contributed by atoms with E-state index in [1.54, 1.807) is 12.1 Å². The fraction of sp³-hybridized carbons (Fsp3) is 0.467. The van der Waals surface area contributed by atoms with Gasteiger partial charge < -0.3 is 21.3 Å². The van der Waals surface area contributed by atoms with E-state index in [9.17, 15) is 19.8 Å². The molecule has 0 radical (unpaired) electrons. The lowest BCUT2D eigenvalue weighted by atomic mass is 10.0. The van der Waals surface area contributed by atoms with Crippen LogP contribution in [0.25, 0.3) is 0 Å². The van der Waals surface area contributed by atoms with E-state index in [-0.39, 0.29) is 18.1 Å². The Morgan fingerprint density at radius 1 is 1.24 bits per heavy atom. The van der Waals surface area contributed by atoms with Crippen LogP contribution in [0.3, 0.4) is 0 Å². The largest absolute Gasteiger partial charge is 0.508 e. The van der Waals surface area contributed by atoms with Gasteiger partial charge >= 0.3 is 5.97 Å². The van der Waals surface area contributed by atoms with Crippen molar-refractivity contribution in [3.8, 4) is 5.75 Å². The number of aliphatic carboxylic acids is 1. The number of nitrogens with two attached hydrogens (primary N) is 1. The molecule has 2 atom stereocenters. The third-order valence-corrected chi connectivity index (χ3v) is 3.05. The van der Waals surface area contributed by atoms with Crippen LogP contribution in [0.4, 0.5) is 0 Å². The molecular formula is C15H22N2O4. The topological polar surface area (TPSA) is 113 Å². The Kier molecular flexibility index (Phi) is 6.17. The van der Waals surface area contributed by atoms with Gasteiger partial charge in [-0.15, -0.1) is 0 Å². The molecule has 0 spiro atoms. The second-order valence-corrected chi connectivity index (χ2v) is 5.51. The highest BCUT2D eigenvalue weighted by Gasteiger charge is 2.23. The van der Waals surface area contributed by atoms with E-state index in [1.165, 1.54) is 12.1 Å². The standard InChI is InChI=1S/C15H22N2O4/c1-9(2)7-12(16)14(19)17-13(15(20)21)8-10-3-5-11(18)6-4-10/h3-6,9,12-13,18H,7-8,16H2,1-2H3,(H,17,19)(H,20,21)/t12-,13?/m1/s1. The fourth-order valence-corrected chi connectivity index (χ4v) is 1.96. The van der Waals surface area contributed by atoms with Crippen molar-refractivity contribution in [2.45, 2.75) is 38.8 Å². The van der Waals surface area contributed by atoms with E-state index in [0.29, 0.717) is 12.0 Å². The average Bonchev–Trinajstić information content (AvgIpc) is 2.39. The van der Waals surface area contributed by atoms with Gasteiger partial charge in [0.25, 0.3) is 0 Å². The molecule has 0 aromatic heterocycles. The Morgan fingerprint density at radius 3 is 2.29 bits per heavy atom. The number of hydrogen-bond acceptors (Lipinski definition) is 4. The van der Waals surface area contributed by atoms with Gasteiger partial charge in [0, 0.05) is 6.42 Å². The fourth-order valence-electron chi connectivity index (χ4n) is 1.96. The van der Waals surface area contributed by atoms with Gasteiger partial charge in [0.2, 0.25) is 5.91 Å². The van der Waals surface area contributed by atoms with Crippen molar-refractivity contribution >= 4 is 11.9 Å². The highest BCUT2D eigenvalue weighted by molar-refractivity contribution is 5.86. The van der Waals surface area contributed by atoms with E-state index >= 15 is 0 Å². The molecule has 1 amide bonds. The lowest BCUT2D eigenvalue weighted by molar-refractivity contribution is -0.142. The van der Waals surface area contributed by atoms with Crippen molar-refractivity contribution < 1.29 is 19.8 Å². The first-order valence-corrected chi connectivity index (χ1v) is 6.86. The Labute approximate surface area is 124 Å². The first-order chi connectivity index (χ1) is 9.79. The Balaban J connectivity index is 2.67. The smallest absolute Gasteiger partial charge is 0.326 e. The molecule has 21 heavy (non-hydrogen) atoms. The Bertz CT molecular complexity index is 485. The number of amides is 1. The summed E-state index contributed by atoms with van der Waals surface area (Å²) in [6.07, 6.45) is 0.632. The molecule has 6 heteroatoms. The number of benzene rings is 1. The molecule has 0 fully saturated rings. The number of phenolic OH excluding ortho intramolecular Hbond substituents is 1. The Morgan fingerprint density at radius 2 is 1.81 bits per heavy atom. The van der Waals surface area contributed by atoms with Crippen molar-refractivity contribution in [3.63, 3.8) is 0 Å². The summed E-state index contributed by atoms with van der Waals surface area (Å²) in [5.74, 6) is -1.22. The van der Waals surface area contributed by atoms with Gasteiger partial charge in [-0.05, 0) is 30.0 Å². The summed E-state index contributed by atoms with van der Waals surface area (Å²) in [6.45, 7) is 3.89. The number of carboxylic acids is 1. The van der Waals surface area contributed by atoms with Gasteiger partial charge in [-0.3, -0.25) is 4.79 Å². The monoisotopic (exact) mass is 294 g/mol. The summed E-state index contributed by atoms with van der Waals surface area (Å²) < 4.78 is 0. The van der Waals surface area contributed by atoms with Crippen LogP contribution in [0.15, 0.2) is 24.3 Å². The van der Waals surface area contributed by atoms with Crippen LogP contribution in [-0.4, -0.2) is 34.2 Å². The maximum atomic E-state index is 11.9. The van der Waals surface area contributed by atoms with Gasteiger partial charge in [0.05, 0.1) is 6.04 Å². The summed E-state index contributed by atoms with van der Waals surface area (Å²) in [4.78, 5) is 23.1. The highest BCUT2D eigenvalue weighted by Crippen LogP contribution is 2.12. The van der Waals surface area contributed by atoms with Crippen LogP contribution in [0, 0.1) is 5.92 Å². The number of rotatable bonds is 7. The minimum atomic E-state index is -1.12. The van der Waals surface area contributed by atoms with Crippen LogP contribution >= 0.6 is 0 Å². The van der Waals surface area contributed by atoms with Gasteiger partial charge in [0.15, 0.2) is 0 Å². The molecule has 6 nitrogen and oxygen atoms in total. The molecule has 5 N–H and O–H groups in total. The zero-order valence-corrected chi connectivity index (χ0v) is 12.2. The number of nitrogens with one attached hydrogen (secondary N) is 1. The van der Waals surface area contributed by atoms with E-state index < -0.39 is 24.0 Å². The number of aromatic hydroxyl groups is 1. The number of carboxylic acid groups (broad SMARTS) is 1. The molecule has 1 aromatic carbocycles. The quantitative estimate of drug-likeness (QED) is 0.596. The lowest BCUT2D eigenvalue weighted by Crippen LogP contribution is -2.49. The van der Waals surface area contributed by atoms with Crippen molar-refractivity contribution in [3.05, 3.63) is 29.8 Å². The van der Waals surface area contributed by atoms with E-state index in [0.717, 1.165) is 0 Å². The van der Waals surface area contributed by atoms with Gasteiger partial charge in [-0.1, -0.05) is 26.0 Å². The summed E-state index contributed by atoms with van der Waals surface area (Å²) >= 11 is 0. The SMILES string of the molecule is CC(C)C[C@@H](N)C(=O)NC(Cc1ccc(O)cc1)C(=O)O. The number of carbonyl (C=O) groups is 2. The van der Waals surface area contributed by atoms with Crippen molar-refractivity contribution in [1.29, 1.82) is 0 Å². The van der Waals surface area contributed by atoms with E-state index in [1.807, 2.05) is 13.8 Å². The third kappa shape index (κ3) is 5.83. The van der Waals surface area contributed by atoms with Crippen LogP contribution in [-0.2, 0) is 16.0 Å².